The number of benzene rings is 1. The quantitative estimate of drug-likeness (QED) is 0.180. The predicted octanol–water partition coefficient (Wildman–Crippen LogP) is 6.87. The smallest absolute Gasteiger partial charge is 0.416 e. The van der Waals surface area contributed by atoms with E-state index in [1.807, 2.05) is 6.92 Å². The van der Waals surface area contributed by atoms with Crippen LogP contribution in [-0.2, 0) is 39.8 Å². The van der Waals surface area contributed by atoms with Crippen LogP contribution in [0.3, 0.4) is 0 Å². The zero-order chi connectivity index (χ0) is 33.8. The molecule has 16 heteroatoms. The van der Waals surface area contributed by atoms with Crippen molar-refractivity contribution in [1.82, 2.24) is 15.0 Å². The first-order chi connectivity index (χ1) is 21.7. The van der Waals surface area contributed by atoms with E-state index in [1.165, 1.54) is 42.3 Å². The van der Waals surface area contributed by atoms with Crippen molar-refractivity contribution in [3.63, 3.8) is 0 Å². The van der Waals surface area contributed by atoms with Gasteiger partial charge in [-0.15, -0.1) is 0 Å². The number of carbonyl (C=O) groups excluding carboxylic acids is 2. The normalized spacial score (nSPS) is 16.4. The van der Waals surface area contributed by atoms with Crippen LogP contribution in [0.2, 0.25) is 0 Å². The van der Waals surface area contributed by atoms with E-state index in [-0.39, 0.29) is 48.8 Å². The van der Waals surface area contributed by atoms with Gasteiger partial charge in [0.25, 0.3) is 0 Å². The van der Waals surface area contributed by atoms with Crippen molar-refractivity contribution in [2.75, 3.05) is 23.5 Å². The van der Waals surface area contributed by atoms with Gasteiger partial charge in [0.2, 0.25) is 11.8 Å². The Kier molecular flexibility index (Phi) is 10.3. The van der Waals surface area contributed by atoms with Gasteiger partial charge in [-0.2, -0.15) is 26.3 Å². The molecule has 3 aromatic rings. The Morgan fingerprint density at radius 3 is 2.11 bits per heavy atom. The van der Waals surface area contributed by atoms with Crippen LogP contribution >= 0.6 is 0 Å². The second-order valence-corrected chi connectivity index (χ2v) is 10.4. The van der Waals surface area contributed by atoms with E-state index < -0.39 is 54.2 Å². The van der Waals surface area contributed by atoms with Crippen LogP contribution in [0, 0.1) is 0 Å². The van der Waals surface area contributed by atoms with Gasteiger partial charge in [0.1, 0.15) is 6.61 Å². The van der Waals surface area contributed by atoms with Crippen LogP contribution < -0.4 is 14.5 Å². The summed E-state index contributed by atoms with van der Waals surface area (Å²) in [6.07, 6.45) is -7.56. The summed E-state index contributed by atoms with van der Waals surface area (Å²) < 4.78 is 98.2. The Hall–Kier alpha value is -4.63. The number of nitrogens with zero attached hydrogens (tertiary/aromatic N) is 5. The minimum atomic E-state index is -5.06. The largest absolute Gasteiger partial charge is 0.481 e. The van der Waals surface area contributed by atoms with Gasteiger partial charge in [-0.1, -0.05) is 6.92 Å². The van der Waals surface area contributed by atoms with Crippen molar-refractivity contribution in [2.45, 2.75) is 71.2 Å². The highest BCUT2D eigenvalue weighted by atomic mass is 19.4. The number of fused-ring (bicyclic) bond motifs is 1. The van der Waals surface area contributed by atoms with Gasteiger partial charge in [0, 0.05) is 43.5 Å². The molecule has 0 aliphatic carbocycles. The van der Waals surface area contributed by atoms with Crippen molar-refractivity contribution in [2.24, 2.45) is 0 Å². The highest BCUT2D eigenvalue weighted by molar-refractivity contribution is 5.90. The molecule has 3 heterocycles. The third kappa shape index (κ3) is 7.77. The lowest BCUT2D eigenvalue weighted by atomic mass is 9.92. The molecule has 10 nitrogen and oxygen atoms in total. The first-order valence-corrected chi connectivity index (χ1v) is 14.2. The van der Waals surface area contributed by atoms with Gasteiger partial charge in [-0.25, -0.2) is 19.7 Å². The van der Waals surface area contributed by atoms with E-state index in [2.05, 4.69) is 15.0 Å². The Labute approximate surface area is 260 Å². The maximum atomic E-state index is 13.8. The third-order valence-electron chi connectivity index (χ3n) is 7.22. The number of alkyl halides is 6. The summed E-state index contributed by atoms with van der Waals surface area (Å²) in [7, 11) is 1.37. The number of hydrogen-bond acceptors (Lipinski definition) is 9. The number of hydrogen-bond donors (Lipinski definition) is 0. The standard InChI is InChI=1S/C30H31F6N5O5/c1-5-22-12-24(26-23(7-8-25(39-26)44-4)41(22)28(43)45-6-2)40(27-37-13-19(14-38-27)16-46-17(3)42)15-18-9-20(29(31,32)33)11-21(10-18)30(34,35)36/h7-11,13-14,22,24H,5-6,12,15-16H2,1-4H3/t22-,24+/m1/s1. The van der Waals surface area contributed by atoms with Crippen molar-refractivity contribution < 1.29 is 50.1 Å². The Morgan fingerprint density at radius 1 is 0.957 bits per heavy atom. The topological polar surface area (TPSA) is 107 Å². The number of rotatable bonds is 9. The number of aromatic nitrogens is 3. The van der Waals surface area contributed by atoms with Crippen LogP contribution in [0.5, 0.6) is 5.88 Å². The molecule has 1 amide bonds. The average molecular weight is 656 g/mol. The summed E-state index contributed by atoms with van der Waals surface area (Å²) in [5.41, 5.74) is -2.31. The number of carbonyl (C=O) groups is 2. The van der Waals surface area contributed by atoms with Crippen molar-refractivity contribution >= 4 is 23.7 Å². The molecule has 0 radical (unpaired) electrons. The summed E-state index contributed by atoms with van der Waals surface area (Å²) in [5.74, 6) is -0.456. The fourth-order valence-corrected chi connectivity index (χ4v) is 5.13. The number of methoxy groups -OCH3 is 1. The molecule has 1 aliphatic heterocycles. The molecule has 1 aromatic carbocycles. The molecule has 248 valence electrons. The Morgan fingerprint density at radius 2 is 1.59 bits per heavy atom. The van der Waals surface area contributed by atoms with Gasteiger partial charge in [-0.05, 0) is 49.6 Å². The minimum Gasteiger partial charge on any atom is -0.481 e. The number of esters is 1. The number of halogens is 6. The molecule has 0 saturated carbocycles. The zero-order valence-corrected chi connectivity index (χ0v) is 25.3. The highest BCUT2D eigenvalue weighted by Crippen LogP contribution is 2.44. The average Bonchev–Trinajstić information content (AvgIpc) is 3.01. The van der Waals surface area contributed by atoms with E-state index in [0.717, 1.165) is 0 Å². The van der Waals surface area contributed by atoms with Crippen LogP contribution in [0.1, 0.15) is 67.6 Å². The molecule has 0 N–H and O–H groups in total. The second-order valence-electron chi connectivity index (χ2n) is 10.4. The van der Waals surface area contributed by atoms with Gasteiger partial charge in [0.15, 0.2) is 0 Å². The molecule has 2 atom stereocenters. The van der Waals surface area contributed by atoms with Crippen LogP contribution in [0.25, 0.3) is 0 Å². The molecule has 0 fully saturated rings. The molecule has 0 spiro atoms. The first-order valence-electron chi connectivity index (χ1n) is 14.2. The van der Waals surface area contributed by atoms with Gasteiger partial charge in [-0.3, -0.25) is 9.69 Å². The number of amides is 1. The van der Waals surface area contributed by atoms with Crippen molar-refractivity contribution in [3.8, 4) is 5.88 Å². The van der Waals surface area contributed by atoms with Crippen molar-refractivity contribution in [1.29, 1.82) is 0 Å². The van der Waals surface area contributed by atoms with Crippen LogP contribution in [-0.4, -0.2) is 46.8 Å². The van der Waals surface area contributed by atoms with E-state index >= 15 is 0 Å². The SMILES string of the molecule is CCOC(=O)N1c2ccc(OC)nc2[C@@H](N(Cc2cc(C(F)(F)F)cc(C(F)(F)F)c2)c2ncc(COC(C)=O)cn2)C[C@H]1CC. The summed E-state index contributed by atoms with van der Waals surface area (Å²) in [5, 5.41) is 0. The van der Waals surface area contributed by atoms with Crippen molar-refractivity contribution in [3.05, 3.63) is 70.7 Å². The maximum Gasteiger partial charge on any atom is 0.416 e. The van der Waals surface area contributed by atoms with Crippen LogP contribution in [0.15, 0.2) is 42.7 Å². The second kappa shape index (κ2) is 13.8. The molecule has 1 aliphatic rings. The fraction of sp³-hybridized carbons (Fsp3) is 0.433. The molecule has 0 saturated heterocycles. The molecular formula is C30H31F6N5O5. The van der Waals surface area contributed by atoms with E-state index in [9.17, 15) is 35.9 Å². The lowest BCUT2D eigenvalue weighted by Crippen LogP contribution is -2.48. The molecule has 2 aromatic heterocycles. The molecule has 0 bridgehead atoms. The maximum absolute atomic E-state index is 13.8. The monoisotopic (exact) mass is 655 g/mol. The molecule has 46 heavy (non-hydrogen) atoms. The van der Waals surface area contributed by atoms with Gasteiger partial charge >= 0.3 is 24.4 Å². The van der Waals surface area contributed by atoms with E-state index in [0.29, 0.717) is 29.8 Å². The summed E-state index contributed by atoms with van der Waals surface area (Å²) >= 11 is 0. The Bertz CT molecular complexity index is 1520. The van der Waals surface area contributed by atoms with Gasteiger partial charge < -0.3 is 19.1 Å². The number of pyridine rings is 1. The zero-order valence-electron chi connectivity index (χ0n) is 25.3. The summed E-state index contributed by atoms with van der Waals surface area (Å²) in [6.45, 7) is 4.11. The van der Waals surface area contributed by atoms with Crippen LogP contribution in [0.4, 0.5) is 42.8 Å². The lowest BCUT2D eigenvalue weighted by molar-refractivity contribution is -0.144. The van der Waals surface area contributed by atoms with Gasteiger partial charge in [0.05, 0.1) is 42.3 Å². The number of anilines is 2. The lowest BCUT2D eigenvalue weighted by Gasteiger charge is -2.43. The molecular weight excluding hydrogens is 624 g/mol. The Balaban J connectivity index is 1.90. The predicted molar refractivity (Wildman–Crippen MR) is 152 cm³/mol. The highest BCUT2D eigenvalue weighted by Gasteiger charge is 2.42. The molecule has 0 unspecified atom stereocenters. The fourth-order valence-electron chi connectivity index (χ4n) is 5.13. The summed E-state index contributed by atoms with van der Waals surface area (Å²) in [6, 6.07) is 3.08. The first kappa shape index (κ1) is 34.2. The molecule has 4 rings (SSSR count). The van der Waals surface area contributed by atoms with E-state index in [1.54, 1.807) is 13.0 Å². The summed E-state index contributed by atoms with van der Waals surface area (Å²) in [4.78, 5) is 40.4. The van der Waals surface area contributed by atoms with E-state index in [4.69, 9.17) is 14.2 Å². The third-order valence-corrected chi connectivity index (χ3v) is 7.22. The minimum absolute atomic E-state index is 0.0564. The number of ether oxygens (including phenoxy) is 3.